The zero-order valence-electron chi connectivity index (χ0n) is 12.2. The van der Waals surface area contributed by atoms with Gasteiger partial charge in [0.1, 0.15) is 11.0 Å². The summed E-state index contributed by atoms with van der Waals surface area (Å²) in [5, 5.41) is 9.52. The van der Waals surface area contributed by atoms with Crippen molar-refractivity contribution >= 4 is 29.3 Å². The number of carboxylic acids is 1. The highest BCUT2D eigenvalue weighted by Crippen LogP contribution is 2.27. The summed E-state index contributed by atoms with van der Waals surface area (Å²) in [5.74, 6) is -0.0303. The van der Waals surface area contributed by atoms with Crippen molar-refractivity contribution in [2.45, 2.75) is 23.5 Å². The average molecular weight is 337 g/mol. The molecule has 2 aromatic carbocycles. The lowest BCUT2D eigenvalue weighted by Gasteiger charge is -2.13. The Morgan fingerprint density at radius 2 is 1.82 bits per heavy atom. The van der Waals surface area contributed by atoms with Crippen LogP contribution in [0.15, 0.2) is 53.4 Å². The molecule has 0 amide bonds. The largest absolute Gasteiger partial charge is 0.494 e. The van der Waals surface area contributed by atoms with Gasteiger partial charge in [0, 0.05) is 9.92 Å². The van der Waals surface area contributed by atoms with E-state index in [1.54, 1.807) is 12.1 Å². The summed E-state index contributed by atoms with van der Waals surface area (Å²) >= 11 is 7.17. The molecule has 1 unspecified atom stereocenters. The molecule has 0 aliphatic heterocycles. The molecule has 0 bridgehead atoms. The van der Waals surface area contributed by atoms with Gasteiger partial charge in [0.2, 0.25) is 0 Å². The number of thioether (sulfide) groups is 1. The van der Waals surface area contributed by atoms with Gasteiger partial charge in [0.25, 0.3) is 0 Å². The molecule has 0 aliphatic rings. The van der Waals surface area contributed by atoms with Gasteiger partial charge in [0.15, 0.2) is 0 Å². The monoisotopic (exact) mass is 336 g/mol. The molecule has 1 atom stereocenters. The van der Waals surface area contributed by atoms with E-state index in [2.05, 4.69) is 0 Å². The van der Waals surface area contributed by atoms with Crippen molar-refractivity contribution in [3.8, 4) is 5.75 Å². The first-order valence-corrected chi connectivity index (χ1v) is 8.21. The summed E-state index contributed by atoms with van der Waals surface area (Å²) in [4.78, 5) is 12.4. The first-order chi connectivity index (χ1) is 10.6. The van der Waals surface area contributed by atoms with E-state index in [0.717, 1.165) is 16.2 Å². The molecule has 0 aliphatic carbocycles. The van der Waals surface area contributed by atoms with Crippen molar-refractivity contribution in [2.75, 3.05) is 6.61 Å². The molecule has 0 radical (unpaired) electrons. The van der Waals surface area contributed by atoms with Crippen LogP contribution in [-0.2, 0) is 11.2 Å². The molecule has 0 heterocycles. The molecule has 0 aromatic heterocycles. The Hall–Kier alpha value is -1.65. The number of benzene rings is 2. The first kappa shape index (κ1) is 16.7. The third-order valence-corrected chi connectivity index (χ3v) is 4.47. The quantitative estimate of drug-likeness (QED) is 0.755. The molecule has 0 saturated heterocycles. The Morgan fingerprint density at radius 3 is 2.36 bits per heavy atom. The normalized spacial score (nSPS) is 11.9. The maximum Gasteiger partial charge on any atom is 0.317 e. The smallest absolute Gasteiger partial charge is 0.317 e. The van der Waals surface area contributed by atoms with Gasteiger partial charge >= 0.3 is 5.97 Å². The van der Waals surface area contributed by atoms with E-state index in [-0.39, 0.29) is 0 Å². The zero-order valence-corrected chi connectivity index (χ0v) is 13.7. The second-order valence-corrected chi connectivity index (χ2v) is 6.39. The number of hydrogen-bond donors (Lipinski definition) is 1. The number of ether oxygens (including phenoxy) is 1. The number of aliphatic carboxylic acids is 1. The van der Waals surface area contributed by atoms with Crippen LogP contribution in [0.3, 0.4) is 0 Å². The van der Waals surface area contributed by atoms with Crippen LogP contribution in [0.25, 0.3) is 0 Å². The van der Waals surface area contributed by atoms with Crippen molar-refractivity contribution in [3.05, 3.63) is 59.1 Å². The highest BCUT2D eigenvalue weighted by atomic mass is 35.5. The lowest BCUT2D eigenvalue weighted by molar-refractivity contribution is -0.136. The number of halogens is 1. The Labute approximate surface area is 139 Å². The molecular weight excluding hydrogens is 320 g/mol. The van der Waals surface area contributed by atoms with Crippen LogP contribution in [-0.4, -0.2) is 22.9 Å². The van der Waals surface area contributed by atoms with Crippen molar-refractivity contribution in [2.24, 2.45) is 0 Å². The lowest BCUT2D eigenvalue weighted by Crippen LogP contribution is -2.19. The van der Waals surface area contributed by atoms with E-state index in [1.165, 1.54) is 11.8 Å². The summed E-state index contributed by atoms with van der Waals surface area (Å²) < 4.78 is 5.39. The second kappa shape index (κ2) is 8.11. The van der Waals surface area contributed by atoms with Gasteiger partial charge in [-0.15, -0.1) is 11.8 Å². The van der Waals surface area contributed by atoms with E-state index in [9.17, 15) is 9.90 Å². The molecule has 0 saturated carbocycles. The van der Waals surface area contributed by atoms with Crippen LogP contribution < -0.4 is 4.74 Å². The van der Waals surface area contributed by atoms with Crippen molar-refractivity contribution in [3.63, 3.8) is 0 Å². The summed E-state index contributed by atoms with van der Waals surface area (Å²) in [5.41, 5.74) is 0.970. The lowest BCUT2D eigenvalue weighted by atomic mass is 10.1. The molecule has 116 valence electrons. The van der Waals surface area contributed by atoms with Crippen molar-refractivity contribution in [1.82, 2.24) is 0 Å². The number of rotatable bonds is 7. The van der Waals surface area contributed by atoms with Crippen LogP contribution in [0, 0.1) is 0 Å². The number of carboxylic acid groups (broad SMARTS) is 1. The average Bonchev–Trinajstić information content (AvgIpc) is 2.51. The minimum Gasteiger partial charge on any atom is -0.494 e. The zero-order chi connectivity index (χ0) is 15.9. The SMILES string of the molecule is CCOc1ccc(CC(Sc2ccc(Cl)cc2)C(=O)O)cc1. The van der Waals surface area contributed by atoms with Gasteiger partial charge < -0.3 is 9.84 Å². The van der Waals surface area contributed by atoms with Crippen LogP contribution in [0.4, 0.5) is 0 Å². The van der Waals surface area contributed by atoms with E-state index >= 15 is 0 Å². The van der Waals surface area contributed by atoms with Gasteiger partial charge in [-0.25, -0.2) is 0 Å². The maximum atomic E-state index is 11.5. The van der Waals surface area contributed by atoms with Crippen molar-refractivity contribution < 1.29 is 14.6 Å². The Morgan fingerprint density at radius 1 is 1.18 bits per heavy atom. The molecule has 0 spiro atoms. The third kappa shape index (κ3) is 4.97. The third-order valence-electron chi connectivity index (χ3n) is 3.02. The number of carbonyl (C=O) groups is 1. The van der Waals surface area contributed by atoms with E-state index in [0.29, 0.717) is 18.1 Å². The molecule has 1 N–H and O–H groups in total. The summed E-state index contributed by atoms with van der Waals surface area (Å²) in [6, 6.07) is 14.7. The van der Waals surface area contributed by atoms with Gasteiger partial charge in [0.05, 0.1) is 6.61 Å². The fourth-order valence-corrected chi connectivity index (χ4v) is 3.08. The fourth-order valence-electron chi connectivity index (χ4n) is 1.96. The molecule has 3 nitrogen and oxygen atoms in total. The Bertz CT molecular complexity index is 611. The molecular formula is C17H17ClO3S. The van der Waals surface area contributed by atoms with Crippen LogP contribution in [0.5, 0.6) is 5.75 Å². The maximum absolute atomic E-state index is 11.5. The molecule has 0 fully saturated rings. The van der Waals surface area contributed by atoms with Gasteiger partial charge in [-0.05, 0) is 55.3 Å². The summed E-state index contributed by atoms with van der Waals surface area (Å²) in [6.45, 7) is 2.54. The summed E-state index contributed by atoms with van der Waals surface area (Å²) in [7, 11) is 0. The van der Waals surface area contributed by atoms with Crippen LogP contribution in [0.1, 0.15) is 12.5 Å². The Kier molecular flexibility index (Phi) is 6.16. The van der Waals surface area contributed by atoms with E-state index < -0.39 is 11.2 Å². The highest BCUT2D eigenvalue weighted by Gasteiger charge is 2.19. The topological polar surface area (TPSA) is 46.5 Å². The summed E-state index contributed by atoms with van der Waals surface area (Å²) in [6.07, 6.45) is 0.453. The van der Waals surface area contributed by atoms with E-state index in [4.69, 9.17) is 16.3 Å². The van der Waals surface area contributed by atoms with Gasteiger partial charge in [-0.1, -0.05) is 23.7 Å². The van der Waals surface area contributed by atoms with Gasteiger partial charge in [-0.3, -0.25) is 4.79 Å². The molecule has 5 heteroatoms. The van der Waals surface area contributed by atoms with Crippen molar-refractivity contribution in [1.29, 1.82) is 0 Å². The highest BCUT2D eigenvalue weighted by molar-refractivity contribution is 8.00. The molecule has 22 heavy (non-hydrogen) atoms. The van der Waals surface area contributed by atoms with Crippen LogP contribution >= 0.6 is 23.4 Å². The predicted octanol–water partition coefficient (Wildman–Crippen LogP) is 4.53. The predicted molar refractivity (Wildman–Crippen MR) is 90.0 cm³/mol. The Balaban J connectivity index is 2.05. The fraction of sp³-hybridized carbons (Fsp3) is 0.235. The minimum atomic E-state index is -0.825. The number of hydrogen-bond acceptors (Lipinski definition) is 3. The van der Waals surface area contributed by atoms with Gasteiger partial charge in [-0.2, -0.15) is 0 Å². The first-order valence-electron chi connectivity index (χ1n) is 6.95. The van der Waals surface area contributed by atoms with Crippen LogP contribution in [0.2, 0.25) is 5.02 Å². The second-order valence-electron chi connectivity index (χ2n) is 4.68. The standard InChI is InChI=1S/C17H17ClO3S/c1-2-21-14-7-3-12(4-8-14)11-16(17(19)20)22-15-9-5-13(18)6-10-15/h3-10,16H,2,11H2,1H3,(H,19,20). The van der Waals surface area contributed by atoms with E-state index in [1.807, 2.05) is 43.3 Å². The minimum absolute atomic E-state index is 0.453. The molecule has 2 rings (SSSR count). The molecule has 2 aromatic rings.